The van der Waals surface area contributed by atoms with Crippen molar-refractivity contribution in [1.82, 2.24) is 20.3 Å². The summed E-state index contributed by atoms with van der Waals surface area (Å²) in [4.78, 5) is 25.1. The number of hydrogen-bond acceptors (Lipinski definition) is 6. The molecular formula is C21H16N6OS. The Kier molecular flexibility index (Phi) is 5.14. The van der Waals surface area contributed by atoms with Crippen molar-refractivity contribution in [2.75, 3.05) is 11.9 Å². The molecule has 0 fully saturated rings. The number of nitrogens with one attached hydrogen (secondary N) is 2. The van der Waals surface area contributed by atoms with E-state index in [1.165, 1.54) is 11.3 Å². The molecule has 3 heterocycles. The van der Waals surface area contributed by atoms with Crippen LogP contribution in [0, 0.1) is 11.3 Å². The first-order valence-electron chi connectivity index (χ1n) is 8.94. The van der Waals surface area contributed by atoms with Crippen LogP contribution in [0.2, 0.25) is 0 Å². The summed E-state index contributed by atoms with van der Waals surface area (Å²) < 4.78 is 0.882. The van der Waals surface area contributed by atoms with E-state index in [-0.39, 0.29) is 6.03 Å². The number of hydrogen-bond donors (Lipinski definition) is 2. The van der Waals surface area contributed by atoms with Gasteiger partial charge < -0.3 is 5.32 Å². The molecular weight excluding hydrogens is 384 g/mol. The second-order valence-electron chi connectivity index (χ2n) is 6.16. The lowest BCUT2D eigenvalue weighted by molar-refractivity contribution is 0.252. The van der Waals surface area contributed by atoms with E-state index >= 15 is 0 Å². The standard InChI is InChI=1S/C21H16N6OS/c1-2-24-20(28)27-21-26-18-10-15(14-4-3-6-23-12-14)9-16(19(18)29-21)17-8-13(11-22)5-7-25-17/h3-10,12H,2H2,1H3,(H2,24,26,27,28). The molecule has 3 aromatic heterocycles. The van der Waals surface area contributed by atoms with E-state index in [9.17, 15) is 10.1 Å². The van der Waals surface area contributed by atoms with E-state index in [0.29, 0.717) is 22.9 Å². The molecule has 0 atom stereocenters. The van der Waals surface area contributed by atoms with Crippen molar-refractivity contribution in [3.63, 3.8) is 0 Å². The molecule has 0 radical (unpaired) electrons. The molecule has 0 bridgehead atoms. The van der Waals surface area contributed by atoms with Gasteiger partial charge in [0, 0.05) is 36.3 Å². The summed E-state index contributed by atoms with van der Waals surface area (Å²) in [5, 5.41) is 15.2. The van der Waals surface area contributed by atoms with Crippen LogP contribution in [0.15, 0.2) is 55.0 Å². The fraction of sp³-hybridized carbons (Fsp3) is 0.0952. The molecule has 142 valence electrons. The average Bonchev–Trinajstić information content (AvgIpc) is 3.16. The van der Waals surface area contributed by atoms with Crippen LogP contribution in [0.5, 0.6) is 0 Å². The van der Waals surface area contributed by atoms with Crippen LogP contribution in [-0.4, -0.2) is 27.5 Å². The second-order valence-corrected chi connectivity index (χ2v) is 7.16. The van der Waals surface area contributed by atoms with Gasteiger partial charge in [0.05, 0.1) is 27.5 Å². The van der Waals surface area contributed by atoms with Gasteiger partial charge in [0.2, 0.25) is 0 Å². The second kappa shape index (κ2) is 8.04. The average molecular weight is 400 g/mol. The highest BCUT2D eigenvalue weighted by molar-refractivity contribution is 7.22. The number of thiazole rings is 1. The number of benzene rings is 1. The van der Waals surface area contributed by atoms with Crippen LogP contribution < -0.4 is 10.6 Å². The molecule has 1 aromatic carbocycles. The highest BCUT2D eigenvalue weighted by Gasteiger charge is 2.15. The van der Waals surface area contributed by atoms with Crippen molar-refractivity contribution in [3.8, 4) is 28.5 Å². The number of nitrogens with zero attached hydrogens (tertiary/aromatic N) is 4. The number of anilines is 1. The molecule has 0 aliphatic rings. The summed E-state index contributed by atoms with van der Waals surface area (Å²) in [5.41, 5.74) is 4.66. The van der Waals surface area contributed by atoms with Crippen molar-refractivity contribution in [3.05, 3.63) is 60.6 Å². The molecule has 0 saturated carbocycles. The smallest absolute Gasteiger partial charge is 0.321 e. The first-order chi connectivity index (χ1) is 14.2. The van der Waals surface area contributed by atoms with E-state index < -0.39 is 0 Å². The number of carbonyl (C=O) groups is 1. The topological polar surface area (TPSA) is 104 Å². The van der Waals surface area contributed by atoms with E-state index in [2.05, 4.69) is 31.7 Å². The molecule has 0 unspecified atom stereocenters. The fourth-order valence-corrected chi connectivity index (χ4v) is 3.89. The minimum Gasteiger partial charge on any atom is -0.338 e. The number of aromatic nitrogens is 3. The van der Waals surface area contributed by atoms with E-state index in [0.717, 1.165) is 26.9 Å². The Labute approximate surface area is 171 Å². The number of rotatable bonds is 4. The fourth-order valence-electron chi connectivity index (χ4n) is 2.93. The van der Waals surface area contributed by atoms with Crippen molar-refractivity contribution in [1.29, 1.82) is 5.26 Å². The van der Waals surface area contributed by atoms with Crippen molar-refractivity contribution in [2.45, 2.75) is 6.92 Å². The minimum absolute atomic E-state index is 0.301. The molecule has 0 spiro atoms. The van der Waals surface area contributed by atoms with Gasteiger partial charge in [-0.15, -0.1) is 0 Å². The molecule has 29 heavy (non-hydrogen) atoms. The highest BCUT2D eigenvalue weighted by Crippen LogP contribution is 2.38. The SMILES string of the molecule is CCNC(=O)Nc1nc2cc(-c3cccnc3)cc(-c3cc(C#N)ccn3)c2s1. The van der Waals surface area contributed by atoms with Crippen LogP contribution in [0.1, 0.15) is 12.5 Å². The van der Waals surface area contributed by atoms with Gasteiger partial charge in [0.1, 0.15) is 0 Å². The number of fused-ring (bicyclic) bond motifs is 1. The van der Waals surface area contributed by atoms with E-state index in [1.54, 1.807) is 30.7 Å². The van der Waals surface area contributed by atoms with Gasteiger partial charge in [0.25, 0.3) is 0 Å². The predicted molar refractivity (Wildman–Crippen MR) is 113 cm³/mol. The summed E-state index contributed by atoms with van der Waals surface area (Å²) in [5.74, 6) is 0. The van der Waals surface area contributed by atoms with E-state index in [1.807, 2.05) is 31.2 Å². The van der Waals surface area contributed by atoms with Crippen molar-refractivity contribution in [2.24, 2.45) is 0 Å². The lowest BCUT2D eigenvalue weighted by Crippen LogP contribution is -2.28. The number of pyridine rings is 2. The van der Waals surface area contributed by atoms with Crippen molar-refractivity contribution < 1.29 is 4.79 Å². The number of amides is 2. The lowest BCUT2D eigenvalue weighted by atomic mass is 10.0. The maximum Gasteiger partial charge on any atom is 0.321 e. The van der Waals surface area contributed by atoms with Gasteiger partial charge in [-0.3, -0.25) is 15.3 Å². The molecule has 0 saturated heterocycles. The largest absolute Gasteiger partial charge is 0.338 e. The van der Waals surface area contributed by atoms with Crippen molar-refractivity contribution >= 4 is 32.7 Å². The van der Waals surface area contributed by atoms with E-state index in [4.69, 9.17) is 0 Å². The molecule has 8 heteroatoms. The monoisotopic (exact) mass is 400 g/mol. The van der Waals surface area contributed by atoms with Gasteiger partial charge in [-0.25, -0.2) is 9.78 Å². The summed E-state index contributed by atoms with van der Waals surface area (Å²) >= 11 is 1.37. The Morgan fingerprint density at radius 1 is 1.21 bits per heavy atom. The molecule has 2 amide bonds. The summed E-state index contributed by atoms with van der Waals surface area (Å²) in [6.45, 7) is 2.38. The molecule has 7 nitrogen and oxygen atoms in total. The molecule has 2 N–H and O–H groups in total. The van der Waals surface area contributed by atoms with Crippen LogP contribution in [0.25, 0.3) is 32.6 Å². The Morgan fingerprint density at radius 3 is 2.86 bits per heavy atom. The van der Waals surface area contributed by atoms with Crippen LogP contribution in [0.4, 0.5) is 9.93 Å². The number of carbonyl (C=O) groups excluding carboxylic acids is 1. The summed E-state index contributed by atoms with van der Waals surface area (Å²) in [6.07, 6.45) is 5.12. The Balaban J connectivity index is 1.89. The quantitative estimate of drug-likeness (QED) is 0.527. The zero-order valence-corrected chi connectivity index (χ0v) is 16.3. The first-order valence-corrected chi connectivity index (χ1v) is 9.76. The van der Waals surface area contributed by atoms with Crippen LogP contribution >= 0.6 is 11.3 Å². The third-order valence-electron chi connectivity index (χ3n) is 4.21. The summed E-state index contributed by atoms with van der Waals surface area (Å²) in [7, 11) is 0. The maximum absolute atomic E-state index is 11.9. The van der Waals surface area contributed by atoms with Crippen LogP contribution in [-0.2, 0) is 0 Å². The zero-order chi connectivity index (χ0) is 20.2. The van der Waals surface area contributed by atoms with Gasteiger partial charge >= 0.3 is 6.03 Å². The van der Waals surface area contributed by atoms with Gasteiger partial charge in [-0.2, -0.15) is 5.26 Å². The summed E-state index contributed by atoms with van der Waals surface area (Å²) in [6, 6.07) is 13.1. The van der Waals surface area contributed by atoms with Gasteiger partial charge in [-0.1, -0.05) is 17.4 Å². The molecule has 0 aliphatic heterocycles. The molecule has 4 rings (SSSR count). The zero-order valence-electron chi connectivity index (χ0n) is 15.5. The predicted octanol–water partition coefficient (Wildman–Crippen LogP) is 4.43. The number of urea groups is 1. The Bertz CT molecular complexity index is 1230. The first kappa shape index (κ1) is 18.5. The van der Waals surface area contributed by atoms with Gasteiger partial charge in [0.15, 0.2) is 5.13 Å². The van der Waals surface area contributed by atoms with Gasteiger partial charge in [-0.05, 0) is 42.8 Å². The third-order valence-corrected chi connectivity index (χ3v) is 5.23. The molecule has 4 aromatic rings. The van der Waals surface area contributed by atoms with Crippen LogP contribution in [0.3, 0.4) is 0 Å². The minimum atomic E-state index is -0.301. The lowest BCUT2D eigenvalue weighted by Gasteiger charge is -2.07. The normalized spacial score (nSPS) is 10.5. The maximum atomic E-state index is 11.9. The number of nitriles is 1. The Hall–Kier alpha value is -3.83. The Morgan fingerprint density at radius 2 is 2.10 bits per heavy atom. The highest BCUT2D eigenvalue weighted by atomic mass is 32.1. The third kappa shape index (κ3) is 3.90. The molecule has 0 aliphatic carbocycles.